The summed E-state index contributed by atoms with van der Waals surface area (Å²) in [5.74, 6) is -0.0711. The highest BCUT2D eigenvalue weighted by molar-refractivity contribution is 5.80. The number of amides is 1. The van der Waals surface area contributed by atoms with Crippen LogP contribution in [0.4, 0.5) is 0 Å². The lowest BCUT2D eigenvalue weighted by Crippen LogP contribution is -2.42. The van der Waals surface area contributed by atoms with Gasteiger partial charge < -0.3 is 19.9 Å². The molecule has 24 heavy (non-hydrogen) atoms. The molecule has 0 bridgehead atoms. The van der Waals surface area contributed by atoms with Crippen LogP contribution >= 0.6 is 0 Å². The lowest BCUT2D eigenvalue weighted by molar-refractivity contribution is -0.145. The van der Waals surface area contributed by atoms with Gasteiger partial charge in [-0.1, -0.05) is 12.8 Å². The molecular weight excluding hydrogens is 310 g/mol. The Balaban J connectivity index is 1.83. The Labute approximate surface area is 142 Å². The second-order valence-corrected chi connectivity index (χ2v) is 6.17. The number of nitrogens with one attached hydrogen (secondary N) is 1. The summed E-state index contributed by atoms with van der Waals surface area (Å²) in [6.45, 7) is 2.06. The lowest BCUT2D eigenvalue weighted by atomic mass is 9.79. The lowest BCUT2D eigenvalue weighted by Gasteiger charge is -2.29. The number of benzene rings is 1. The minimum Gasteiger partial charge on any atom is -0.497 e. The summed E-state index contributed by atoms with van der Waals surface area (Å²) in [4.78, 5) is 23.5. The molecule has 0 aromatic heterocycles. The monoisotopic (exact) mass is 335 g/mol. The zero-order valence-corrected chi connectivity index (χ0v) is 14.2. The number of hydrogen-bond acceptors (Lipinski definition) is 4. The first-order chi connectivity index (χ1) is 11.5. The van der Waals surface area contributed by atoms with Gasteiger partial charge in [0.2, 0.25) is 0 Å². The highest BCUT2D eigenvalue weighted by Crippen LogP contribution is 2.29. The molecule has 1 unspecified atom stereocenters. The quantitative estimate of drug-likeness (QED) is 0.799. The summed E-state index contributed by atoms with van der Waals surface area (Å²) in [5, 5.41) is 12.1. The zero-order valence-electron chi connectivity index (χ0n) is 14.2. The Hall–Kier alpha value is -2.24. The van der Waals surface area contributed by atoms with Crippen molar-refractivity contribution in [2.24, 2.45) is 11.8 Å². The van der Waals surface area contributed by atoms with Gasteiger partial charge in [0.1, 0.15) is 11.5 Å². The fourth-order valence-electron chi connectivity index (χ4n) is 3.06. The van der Waals surface area contributed by atoms with Crippen molar-refractivity contribution in [3.05, 3.63) is 24.3 Å². The van der Waals surface area contributed by atoms with E-state index in [1.807, 2.05) is 0 Å². The SMILES string of the molecule is COc1ccc(OC(C)C(=O)NC[C@@H]2CCCC[C@@H]2C(=O)O)cc1. The molecule has 1 aliphatic rings. The molecule has 2 N–H and O–H groups in total. The fourth-order valence-corrected chi connectivity index (χ4v) is 3.06. The first kappa shape index (κ1) is 18.1. The van der Waals surface area contributed by atoms with Crippen molar-refractivity contribution >= 4 is 11.9 Å². The van der Waals surface area contributed by atoms with E-state index in [4.69, 9.17) is 9.47 Å². The molecule has 1 aromatic rings. The molecule has 0 aliphatic heterocycles. The van der Waals surface area contributed by atoms with E-state index in [1.54, 1.807) is 38.3 Å². The van der Waals surface area contributed by atoms with Gasteiger partial charge in [-0.05, 0) is 49.9 Å². The molecule has 6 nitrogen and oxygen atoms in total. The Morgan fingerprint density at radius 1 is 1.21 bits per heavy atom. The maximum Gasteiger partial charge on any atom is 0.306 e. The Morgan fingerprint density at radius 2 is 1.83 bits per heavy atom. The molecule has 0 heterocycles. The molecule has 0 spiro atoms. The summed E-state index contributed by atoms with van der Waals surface area (Å²) in [6, 6.07) is 7.01. The molecule has 1 aliphatic carbocycles. The third-order valence-electron chi connectivity index (χ3n) is 4.51. The number of methoxy groups -OCH3 is 1. The van der Waals surface area contributed by atoms with Crippen LogP contribution in [0, 0.1) is 11.8 Å². The van der Waals surface area contributed by atoms with Crippen LogP contribution in [0.2, 0.25) is 0 Å². The molecule has 0 saturated heterocycles. The molecule has 1 aromatic carbocycles. The normalized spacial score (nSPS) is 21.6. The number of rotatable bonds is 7. The van der Waals surface area contributed by atoms with Crippen molar-refractivity contribution < 1.29 is 24.2 Å². The first-order valence-corrected chi connectivity index (χ1v) is 8.32. The van der Waals surface area contributed by atoms with Gasteiger partial charge in [-0.25, -0.2) is 0 Å². The second-order valence-electron chi connectivity index (χ2n) is 6.17. The van der Waals surface area contributed by atoms with Crippen LogP contribution in [-0.4, -0.2) is 36.7 Å². The molecule has 1 saturated carbocycles. The van der Waals surface area contributed by atoms with E-state index in [9.17, 15) is 14.7 Å². The topological polar surface area (TPSA) is 84.9 Å². The van der Waals surface area contributed by atoms with Crippen LogP contribution in [0.3, 0.4) is 0 Å². The molecular formula is C18H25NO5. The van der Waals surface area contributed by atoms with Gasteiger partial charge in [-0.15, -0.1) is 0 Å². The third kappa shape index (κ3) is 4.88. The molecule has 2 rings (SSSR count). The van der Waals surface area contributed by atoms with Crippen molar-refractivity contribution in [2.75, 3.05) is 13.7 Å². The summed E-state index contributed by atoms with van der Waals surface area (Å²) in [6.07, 6.45) is 2.84. The third-order valence-corrected chi connectivity index (χ3v) is 4.51. The van der Waals surface area contributed by atoms with E-state index in [0.29, 0.717) is 18.7 Å². The number of aliphatic carboxylic acids is 1. The van der Waals surface area contributed by atoms with Crippen LogP contribution < -0.4 is 14.8 Å². The molecule has 132 valence electrons. The van der Waals surface area contributed by atoms with Crippen LogP contribution in [0.15, 0.2) is 24.3 Å². The maximum absolute atomic E-state index is 12.2. The summed E-state index contributed by atoms with van der Waals surface area (Å²) in [7, 11) is 1.58. The number of carbonyl (C=O) groups excluding carboxylic acids is 1. The van der Waals surface area contributed by atoms with Gasteiger partial charge in [-0.3, -0.25) is 9.59 Å². The van der Waals surface area contributed by atoms with E-state index in [-0.39, 0.29) is 17.7 Å². The number of hydrogen-bond donors (Lipinski definition) is 2. The average molecular weight is 335 g/mol. The summed E-state index contributed by atoms with van der Waals surface area (Å²) >= 11 is 0. The second kappa shape index (κ2) is 8.57. The van der Waals surface area contributed by atoms with Crippen LogP contribution in [0.5, 0.6) is 11.5 Å². The molecule has 1 amide bonds. The Bertz CT molecular complexity index is 557. The number of carboxylic acid groups (broad SMARTS) is 1. The highest BCUT2D eigenvalue weighted by atomic mass is 16.5. The standard InChI is InChI=1S/C18H25NO5/c1-12(24-15-9-7-14(23-2)8-10-15)17(20)19-11-13-5-3-4-6-16(13)18(21)22/h7-10,12-13,16H,3-6,11H2,1-2H3,(H,19,20)(H,21,22)/t12?,13-,16-/m0/s1. The highest BCUT2D eigenvalue weighted by Gasteiger charge is 2.31. The van der Waals surface area contributed by atoms with Gasteiger partial charge in [-0.2, -0.15) is 0 Å². The predicted molar refractivity (Wildman–Crippen MR) is 89.2 cm³/mol. The van der Waals surface area contributed by atoms with E-state index < -0.39 is 12.1 Å². The van der Waals surface area contributed by atoms with Gasteiger partial charge in [0, 0.05) is 6.54 Å². The first-order valence-electron chi connectivity index (χ1n) is 8.32. The van der Waals surface area contributed by atoms with E-state index in [0.717, 1.165) is 25.0 Å². The largest absolute Gasteiger partial charge is 0.497 e. The van der Waals surface area contributed by atoms with Crippen molar-refractivity contribution in [3.63, 3.8) is 0 Å². The van der Waals surface area contributed by atoms with E-state index in [2.05, 4.69) is 5.32 Å². The van der Waals surface area contributed by atoms with Crippen LogP contribution in [0.25, 0.3) is 0 Å². The molecule has 3 atom stereocenters. The Kier molecular flexibility index (Phi) is 6.46. The summed E-state index contributed by atoms with van der Waals surface area (Å²) < 4.78 is 10.7. The van der Waals surface area contributed by atoms with Gasteiger partial charge in [0.25, 0.3) is 5.91 Å². The Morgan fingerprint density at radius 3 is 2.46 bits per heavy atom. The van der Waals surface area contributed by atoms with Crippen LogP contribution in [0.1, 0.15) is 32.6 Å². The van der Waals surface area contributed by atoms with E-state index >= 15 is 0 Å². The number of ether oxygens (including phenoxy) is 2. The molecule has 6 heteroatoms. The minimum atomic E-state index is -0.767. The fraction of sp³-hybridized carbons (Fsp3) is 0.556. The van der Waals surface area contributed by atoms with E-state index in [1.165, 1.54) is 0 Å². The summed E-state index contributed by atoms with van der Waals surface area (Å²) in [5.41, 5.74) is 0. The van der Waals surface area contributed by atoms with Crippen molar-refractivity contribution in [2.45, 2.75) is 38.7 Å². The smallest absolute Gasteiger partial charge is 0.306 e. The molecule has 1 fully saturated rings. The number of carboxylic acids is 1. The van der Waals surface area contributed by atoms with Crippen LogP contribution in [-0.2, 0) is 9.59 Å². The van der Waals surface area contributed by atoms with Crippen molar-refractivity contribution in [1.29, 1.82) is 0 Å². The average Bonchev–Trinajstić information content (AvgIpc) is 2.60. The molecule has 0 radical (unpaired) electrons. The van der Waals surface area contributed by atoms with Gasteiger partial charge in [0.15, 0.2) is 6.10 Å². The van der Waals surface area contributed by atoms with Crippen molar-refractivity contribution in [3.8, 4) is 11.5 Å². The minimum absolute atomic E-state index is 0.00612. The van der Waals surface area contributed by atoms with Gasteiger partial charge in [0.05, 0.1) is 13.0 Å². The maximum atomic E-state index is 12.2. The van der Waals surface area contributed by atoms with Gasteiger partial charge >= 0.3 is 5.97 Å². The number of carbonyl (C=O) groups is 2. The zero-order chi connectivity index (χ0) is 17.5. The van der Waals surface area contributed by atoms with Crippen molar-refractivity contribution in [1.82, 2.24) is 5.32 Å². The predicted octanol–water partition coefficient (Wildman–Crippen LogP) is 2.47.